The molecule has 0 bridgehead atoms. The first-order chi connectivity index (χ1) is 6.50. The van der Waals surface area contributed by atoms with Crippen LogP contribution < -0.4 is 5.73 Å². The zero-order valence-corrected chi connectivity index (χ0v) is 9.19. The third kappa shape index (κ3) is 2.90. The highest BCUT2D eigenvalue weighted by Gasteiger charge is 2.14. The van der Waals surface area contributed by atoms with Gasteiger partial charge in [0.15, 0.2) is 5.75 Å². The highest BCUT2D eigenvalue weighted by Crippen LogP contribution is 2.18. The molecule has 76 valence electrons. The van der Waals surface area contributed by atoms with E-state index in [4.69, 9.17) is 17.3 Å². The van der Waals surface area contributed by atoms with Crippen LogP contribution in [0.4, 0.5) is 5.69 Å². The lowest BCUT2D eigenvalue weighted by atomic mass is 10.1. The Morgan fingerprint density at radius 1 is 1.64 bits per heavy atom. The summed E-state index contributed by atoms with van der Waals surface area (Å²) in [5.74, 6) is -0.268. The van der Waals surface area contributed by atoms with E-state index in [9.17, 15) is 9.35 Å². The van der Waals surface area contributed by atoms with Crippen molar-refractivity contribution in [2.24, 2.45) is 0 Å². The van der Waals surface area contributed by atoms with Crippen molar-refractivity contribution in [2.45, 2.75) is 0 Å². The molecule has 5 heteroatoms. The standard InChI is InChI=1S/C9H10ClNO2S/c1-14(13)5-9(12)7-4-6(10)2-3-8(7)11/h2-4H,5,11H2,1H3. The van der Waals surface area contributed by atoms with Crippen molar-refractivity contribution < 1.29 is 9.35 Å². The molecule has 0 radical (unpaired) electrons. The van der Waals surface area contributed by atoms with Crippen LogP contribution in [0.2, 0.25) is 5.02 Å². The van der Waals surface area contributed by atoms with E-state index in [1.165, 1.54) is 12.3 Å². The molecule has 0 aliphatic heterocycles. The summed E-state index contributed by atoms with van der Waals surface area (Å²) >= 11 is 4.55. The topological polar surface area (TPSA) is 66.1 Å². The van der Waals surface area contributed by atoms with E-state index in [2.05, 4.69) is 0 Å². The first-order valence-corrected chi connectivity index (χ1v) is 5.99. The molecular weight excluding hydrogens is 222 g/mol. The van der Waals surface area contributed by atoms with Crippen LogP contribution in [-0.2, 0) is 11.2 Å². The van der Waals surface area contributed by atoms with Crippen LogP contribution in [0.15, 0.2) is 18.2 Å². The molecule has 0 aromatic heterocycles. The van der Waals surface area contributed by atoms with E-state index >= 15 is 0 Å². The van der Waals surface area contributed by atoms with Crippen molar-refractivity contribution in [1.29, 1.82) is 0 Å². The van der Waals surface area contributed by atoms with E-state index in [0.717, 1.165) is 0 Å². The summed E-state index contributed by atoms with van der Waals surface area (Å²) in [4.78, 5) is 11.5. The van der Waals surface area contributed by atoms with Gasteiger partial charge in [0, 0.05) is 16.3 Å². The van der Waals surface area contributed by atoms with Gasteiger partial charge >= 0.3 is 0 Å². The quantitative estimate of drug-likeness (QED) is 0.487. The first-order valence-electron chi connectivity index (χ1n) is 3.89. The van der Waals surface area contributed by atoms with Crippen molar-refractivity contribution in [3.05, 3.63) is 28.8 Å². The summed E-state index contributed by atoms with van der Waals surface area (Å²) in [6, 6.07) is 4.66. The Balaban J connectivity index is 2.94. The maximum atomic E-state index is 11.5. The molecule has 0 fully saturated rings. The van der Waals surface area contributed by atoms with Gasteiger partial charge in [-0.3, -0.25) is 4.79 Å². The second-order valence-electron chi connectivity index (χ2n) is 2.87. The average molecular weight is 232 g/mol. The number of halogens is 1. The average Bonchev–Trinajstić information content (AvgIpc) is 2.08. The fourth-order valence-electron chi connectivity index (χ4n) is 1.03. The molecule has 0 saturated heterocycles. The minimum atomic E-state index is -1.16. The minimum Gasteiger partial charge on any atom is -0.616 e. The second kappa shape index (κ2) is 4.68. The second-order valence-corrected chi connectivity index (χ2v) is 4.74. The van der Waals surface area contributed by atoms with Gasteiger partial charge in [-0.1, -0.05) is 11.6 Å². The van der Waals surface area contributed by atoms with Crippen molar-refractivity contribution >= 4 is 34.2 Å². The Morgan fingerprint density at radius 2 is 2.29 bits per heavy atom. The molecule has 0 amide bonds. The van der Waals surface area contributed by atoms with Crippen LogP contribution in [0.3, 0.4) is 0 Å². The number of hydrogen-bond acceptors (Lipinski definition) is 3. The fraction of sp³-hybridized carbons (Fsp3) is 0.222. The highest BCUT2D eigenvalue weighted by atomic mass is 35.5. The zero-order valence-electron chi connectivity index (χ0n) is 7.62. The number of rotatable bonds is 3. The SMILES string of the molecule is C[S+]([O-])CC(=O)c1cc(Cl)ccc1N. The Kier molecular flexibility index (Phi) is 3.80. The Labute approximate surface area is 90.4 Å². The zero-order chi connectivity index (χ0) is 10.7. The maximum absolute atomic E-state index is 11.5. The van der Waals surface area contributed by atoms with Crippen LogP contribution in [-0.4, -0.2) is 22.3 Å². The molecule has 3 nitrogen and oxygen atoms in total. The van der Waals surface area contributed by atoms with Crippen LogP contribution in [0.25, 0.3) is 0 Å². The smallest absolute Gasteiger partial charge is 0.213 e. The Bertz CT molecular complexity index is 355. The Morgan fingerprint density at radius 3 is 2.86 bits per heavy atom. The molecule has 0 saturated carbocycles. The summed E-state index contributed by atoms with van der Waals surface area (Å²) < 4.78 is 10.8. The predicted octanol–water partition coefficient (Wildman–Crippen LogP) is 1.48. The van der Waals surface area contributed by atoms with Gasteiger partial charge in [0.05, 0.1) is 6.26 Å². The molecule has 0 spiro atoms. The monoisotopic (exact) mass is 231 g/mol. The number of carbonyl (C=O) groups excluding carboxylic acids is 1. The molecule has 1 unspecified atom stereocenters. The molecule has 0 heterocycles. The normalized spacial score (nSPS) is 12.5. The van der Waals surface area contributed by atoms with Crippen LogP contribution in [0, 0.1) is 0 Å². The lowest BCUT2D eigenvalue weighted by Gasteiger charge is -2.06. The molecule has 1 atom stereocenters. The van der Waals surface area contributed by atoms with Crippen molar-refractivity contribution in [2.75, 3.05) is 17.7 Å². The van der Waals surface area contributed by atoms with E-state index in [1.807, 2.05) is 0 Å². The number of benzene rings is 1. The maximum Gasteiger partial charge on any atom is 0.213 e. The van der Waals surface area contributed by atoms with Crippen molar-refractivity contribution in [3.63, 3.8) is 0 Å². The third-order valence-corrected chi connectivity index (χ3v) is 2.55. The van der Waals surface area contributed by atoms with E-state index < -0.39 is 11.2 Å². The van der Waals surface area contributed by atoms with Crippen LogP contribution in [0.5, 0.6) is 0 Å². The van der Waals surface area contributed by atoms with E-state index in [-0.39, 0.29) is 11.5 Å². The van der Waals surface area contributed by atoms with Gasteiger partial charge in [0.1, 0.15) is 0 Å². The van der Waals surface area contributed by atoms with E-state index in [0.29, 0.717) is 16.3 Å². The van der Waals surface area contributed by atoms with E-state index in [1.54, 1.807) is 12.1 Å². The lowest BCUT2D eigenvalue weighted by Crippen LogP contribution is -2.15. The lowest BCUT2D eigenvalue weighted by molar-refractivity contribution is 0.102. The molecule has 0 aliphatic rings. The molecule has 1 aromatic carbocycles. The molecule has 1 aromatic rings. The number of Topliss-reactive ketones (excluding diaryl/α,β-unsaturated/α-hetero) is 1. The number of ketones is 1. The van der Waals surface area contributed by atoms with Gasteiger partial charge in [0.25, 0.3) is 0 Å². The summed E-state index contributed by atoms with van der Waals surface area (Å²) in [6.07, 6.45) is 1.47. The first kappa shape index (κ1) is 11.4. The number of anilines is 1. The number of nitrogens with two attached hydrogens (primary N) is 1. The minimum absolute atomic E-state index is 0.0233. The third-order valence-electron chi connectivity index (χ3n) is 1.65. The molecular formula is C9H10ClNO2S. The van der Waals surface area contributed by atoms with Crippen LogP contribution >= 0.6 is 11.6 Å². The summed E-state index contributed by atoms with van der Waals surface area (Å²) in [7, 11) is 0. The summed E-state index contributed by atoms with van der Waals surface area (Å²) in [6.45, 7) is 0. The van der Waals surface area contributed by atoms with Crippen LogP contribution in [0.1, 0.15) is 10.4 Å². The van der Waals surface area contributed by atoms with Gasteiger partial charge in [-0.2, -0.15) is 0 Å². The van der Waals surface area contributed by atoms with Crippen molar-refractivity contribution in [3.8, 4) is 0 Å². The van der Waals surface area contributed by atoms with Crippen molar-refractivity contribution in [1.82, 2.24) is 0 Å². The Hall–Kier alpha value is -0.710. The predicted molar refractivity (Wildman–Crippen MR) is 59.1 cm³/mol. The summed E-state index contributed by atoms with van der Waals surface area (Å²) in [5.41, 5.74) is 6.29. The molecule has 0 aliphatic carbocycles. The summed E-state index contributed by atoms with van der Waals surface area (Å²) in [5, 5.41) is 0.449. The number of nitrogen functional groups attached to an aromatic ring is 1. The molecule has 1 rings (SSSR count). The van der Waals surface area contributed by atoms with Gasteiger partial charge in [-0.05, 0) is 29.4 Å². The van der Waals surface area contributed by atoms with Gasteiger partial charge in [0.2, 0.25) is 5.78 Å². The van der Waals surface area contributed by atoms with Gasteiger partial charge < -0.3 is 10.3 Å². The molecule has 14 heavy (non-hydrogen) atoms. The largest absolute Gasteiger partial charge is 0.616 e. The fourth-order valence-corrected chi connectivity index (χ4v) is 1.73. The highest BCUT2D eigenvalue weighted by molar-refractivity contribution is 7.91. The van der Waals surface area contributed by atoms with Gasteiger partial charge in [-0.25, -0.2) is 0 Å². The number of hydrogen-bond donors (Lipinski definition) is 1. The molecule has 2 N–H and O–H groups in total. The van der Waals surface area contributed by atoms with Gasteiger partial charge in [-0.15, -0.1) is 0 Å². The number of carbonyl (C=O) groups is 1.